The number of hydrogen-bond donors (Lipinski definition) is 1. The summed E-state index contributed by atoms with van der Waals surface area (Å²) in [5.74, 6) is -0.485. The molecule has 0 aliphatic carbocycles. The second-order valence-electron chi connectivity index (χ2n) is 7.17. The SMILES string of the molecule is COC1C(N=CCC(N)=O)OC(C=O)C1O[Si](C)(C)C(C)(C)C. The topological polar surface area (TPSA) is 100 Å². The first-order valence-corrected chi connectivity index (χ1v) is 10.6. The standard InChI is InChI=1S/C15H28N2O5Si/c1-15(2,3)23(5,6)22-12-10(9-18)21-14(13(12)20-4)17-8-7-11(16)19/h8-10,12-14H,7H2,1-6H3,(H2,16,19). The maximum atomic E-state index is 11.4. The largest absolute Gasteiger partial charge is 0.408 e. The van der Waals surface area contributed by atoms with Crippen LogP contribution >= 0.6 is 0 Å². The Morgan fingerprint density at radius 3 is 2.39 bits per heavy atom. The lowest BCUT2D eigenvalue weighted by Crippen LogP contribution is -2.50. The molecule has 8 heteroatoms. The molecule has 4 unspecified atom stereocenters. The molecule has 1 aliphatic rings. The van der Waals surface area contributed by atoms with Crippen LogP contribution in [0.15, 0.2) is 4.99 Å². The van der Waals surface area contributed by atoms with Crippen LogP contribution in [0.4, 0.5) is 0 Å². The highest BCUT2D eigenvalue weighted by Gasteiger charge is 2.50. The molecule has 1 amide bonds. The first kappa shape index (κ1) is 20.0. The first-order valence-electron chi connectivity index (χ1n) is 7.65. The van der Waals surface area contributed by atoms with Gasteiger partial charge in [0.25, 0.3) is 0 Å². The van der Waals surface area contributed by atoms with Gasteiger partial charge in [-0.1, -0.05) is 20.8 Å². The van der Waals surface area contributed by atoms with E-state index < -0.39 is 38.8 Å². The molecule has 1 fully saturated rings. The molecule has 7 nitrogen and oxygen atoms in total. The summed E-state index contributed by atoms with van der Waals surface area (Å²) in [5, 5.41) is -0.00789. The average molecular weight is 344 g/mol. The van der Waals surface area contributed by atoms with Gasteiger partial charge in [-0.05, 0) is 18.1 Å². The van der Waals surface area contributed by atoms with E-state index in [-0.39, 0.29) is 11.5 Å². The zero-order chi connectivity index (χ0) is 17.8. The fraction of sp³-hybridized carbons (Fsp3) is 0.800. The highest BCUT2D eigenvalue weighted by atomic mass is 28.4. The number of methoxy groups -OCH3 is 1. The lowest BCUT2D eigenvalue weighted by Gasteiger charge is -2.39. The maximum Gasteiger partial charge on any atom is 0.222 e. The Bertz CT molecular complexity index is 461. The number of nitrogens with two attached hydrogens (primary N) is 1. The monoisotopic (exact) mass is 344 g/mol. The minimum absolute atomic E-state index is 0.00789. The van der Waals surface area contributed by atoms with E-state index in [1.165, 1.54) is 13.3 Å². The highest BCUT2D eigenvalue weighted by molar-refractivity contribution is 6.74. The third-order valence-corrected chi connectivity index (χ3v) is 8.89. The van der Waals surface area contributed by atoms with Gasteiger partial charge in [-0.3, -0.25) is 9.79 Å². The predicted octanol–water partition coefficient (Wildman–Crippen LogP) is 1.26. The Morgan fingerprint density at radius 1 is 1.35 bits per heavy atom. The Balaban J connectivity index is 2.94. The number of amides is 1. The van der Waals surface area contributed by atoms with Crippen LogP contribution in [0.25, 0.3) is 0 Å². The number of aldehydes is 1. The number of primary amides is 1. The molecule has 0 spiro atoms. The van der Waals surface area contributed by atoms with Crippen molar-refractivity contribution in [1.29, 1.82) is 0 Å². The minimum Gasteiger partial charge on any atom is -0.408 e. The Kier molecular flexibility index (Phi) is 6.64. The second-order valence-corrected chi connectivity index (χ2v) is 11.9. The van der Waals surface area contributed by atoms with E-state index in [2.05, 4.69) is 38.9 Å². The zero-order valence-corrected chi connectivity index (χ0v) is 15.7. The third kappa shape index (κ3) is 4.94. The zero-order valence-electron chi connectivity index (χ0n) is 14.7. The second kappa shape index (κ2) is 7.65. The van der Waals surface area contributed by atoms with Crippen LogP contribution in [0.3, 0.4) is 0 Å². The van der Waals surface area contributed by atoms with Gasteiger partial charge in [-0.2, -0.15) is 0 Å². The molecule has 23 heavy (non-hydrogen) atoms. The predicted molar refractivity (Wildman–Crippen MR) is 89.9 cm³/mol. The van der Waals surface area contributed by atoms with Crippen LogP contribution in [0.2, 0.25) is 18.1 Å². The maximum absolute atomic E-state index is 11.4. The number of ether oxygens (including phenoxy) is 2. The molecule has 0 radical (unpaired) electrons. The van der Waals surface area contributed by atoms with Crippen molar-refractivity contribution in [3.63, 3.8) is 0 Å². The Morgan fingerprint density at radius 2 is 1.96 bits per heavy atom. The van der Waals surface area contributed by atoms with Crippen molar-refractivity contribution in [2.75, 3.05) is 7.11 Å². The van der Waals surface area contributed by atoms with Crippen molar-refractivity contribution in [3.8, 4) is 0 Å². The summed E-state index contributed by atoms with van der Waals surface area (Å²) in [6, 6.07) is 0. The molecule has 0 aromatic rings. The fourth-order valence-electron chi connectivity index (χ4n) is 2.04. The average Bonchev–Trinajstić information content (AvgIpc) is 2.73. The molecule has 0 bridgehead atoms. The van der Waals surface area contributed by atoms with Crippen molar-refractivity contribution < 1.29 is 23.5 Å². The number of carbonyl (C=O) groups excluding carboxylic acids is 2. The summed E-state index contributed by atoms with van der Waals surface area (Å²) in [6.45, 7) is 10.6. The molecule has 0 saturated carbocycles. The van der Waals surface area contributed by atoms with Gasteiger partial charge >= 0.3 is 0 Å². The van der Waals surface area contributed by atoms with E-state index in [1.807, 2.05) is 0 Å². The van der Waals surface area contributed by atoms with Crippen LogP contribution in [0.1, 0.15) is 27.2 Å². The number of carbonyl (C=O) groups is 2. The number of aliphatic imine (C=N–C) groups is 1. The summed E-state index contributed by atoms with van der Waals surface area (Å²) >= 11 is 0. The molecule has 0 aromatic heterocycles. The smallest absolute Gasteiger partial charge is 0.222 e. The van der Waals surface area contributed by atoms with Gasteiger partial charge in [0.1, 0.15) is 18.3 Å². The van der Waals surface area contributed by atoms with Gasteiger partial charge in [0.2, 0.25) is 5.91 Å². The summed E-state index contributed by atoms with van der Waals surface area (Å²) in [6.07, 6.45) is -0.356. The number of hydrogen-bond acceptors (Lipinski definition) is 6. The van der Waals surface area contributed by atoms with E-state index in [0.717, 1.165) is 0 Å². The first-order chi connectivity index (χ1) is 10.5. The van der Waals surface area contributed by atoms with Gasteiger partial charge in [-0.25, -0.2) is 0 Å². The Labute approximate surface area is 138 Å². The minimum atomic E-state index is -2.11. The summed E-state index contributed by atoms with van der Waals surface area (Å²) in [5.41, 5.74) is 5.08. The summed E-state index contributed by atoms with van der Waals surface area (Å²) < 4.78 is 17.4. The van der Waals surface area contributed by atoms with Gasteiger partial charge in [0, 0.05) is 13.3 Å². The summed E-state index contributed by atoms with van der Waals surface area (Å²) in [4.78, 5) is 26.3. The lowest BCUT2D eigenvalue weighted by atomic mass is 10.1. The van der Waals surface area contributed by atoms with Crippen LogP contribution in [0, 0.1) is 0 Å². The molecule has 1 saturated heterocycles. The van der Waals surface area contributed by atoms with Crippen LogP contribution < -0.4 is 5.73 Å². The normalized spacial score (nSPS) is 29.1. The van der Waals surface area contributed by atoms with E-state index in [1.54, 1.807) is 0 Å². The van der Waals surface area contributed by atoms with Crippen molar-refractivity contribution in [2.45, 2.75) is 69.9 Å². The van der Waals surface area contributed by atoms with Crippen LogP contribution in [0.5, 0.6) is 0 Å². The van der Waals surface area contributed by atoms with E-state index in [4.69, 9.17) is 19.6 Å². The number of nitrogens with zero attached hydrogens (tertiary/aromatic N) is 1. The van der Waals surface area contributed by atoms with E-state index >= 15 is 0 Å². The van der Waals surface area contributed by atoms with Crippen molar-refractivity contribution >= 4 is 26.7 Å². The van der Waals surface area contributed by atoms with Gasteiger partial charge < -0.3 is 24.4 Å². The van der Waals surface area contributed by atoms with E-state index in [0.29, 0.717) is 6.29 Å². The van der Waals surface area contributed by atoms with Gasteiger partial charge in [0.15, 0.2) is 20.8 Å². The van der Waals surface area contributed by atoms with Gasteiger partial charge in [-0.15, -0.1) is 0 Å². The van der Waals surface area contributed by atoms with Crippen LogP contribution in [-0.4, -0.2) is 58.4 Å². The third-order valence-electron chi connectivity index (χ3n) is 4.41. The molecule has 1 aliphatic heterocycles. The molecule has 4 atom stereocenters. The van der Waals surface area contributed by atoms with Crippen molar-refractivity contribution in [1.82, 2.24) is 0 Å². The highest BCUT2D eigenvalue weighted by Crippen LogP contribution is 2.40. The van der Waals surface area contributed by atoms with Crippen molar-refractivity contribution in [2.24, 2.45) is 10.7 Å². The van der Waals surface area contributed by atoms with E-state index in [9.17, 15) is 9.59 Å². The Hall–Kier alpha value is -1.09. The molecule has 1 rings (SSSR count). The summed E-state index contributed by atoms with van der Waals surface area (Å²) in [7, 11) is -0.582. The quantitative estimate of drug-likeness (QED) is 0.426. The molecule has 2 N–H and O–H groups in total. The molecule has 132 valence electrons. The van der Waals surface area contributed by atoms with Crippen molar-refractivity contribution in [3.05, 3.63) is 0 Å². The van der Waals surface area contributed by atoms with Gasteiger partial charge in [0.05, 0.1) is 6.42 Å². The lowest BCUT2D eigenvalue weighted by molar-refractivity contribution is -0.120. The molecule has 1 heterocycles. The molecule has 0 aromatic carbocycles. The molecular formula is C15H28N2O5Si. The number of rotatable bonds is 7. The van der Waals surface area contributed by atoms with Crippen LogP contribution in [-0.2, 0) is 23.5 Å². The molecular weight excluding hydrogens is 316 g/mol. The fourth-order valence-corrected chi connectivity index (χ4v) is 3.34.